The van der Waals surface area contributed by atoms with Gasteiger partial charge in [-0.05, 0) is 19.4 Å². The van der Waals surface area contributed by atoms with Gasteiger partial charge in [-0.3, -0.25) is 4.90 Å². The molecule has 2 fully saturated rings. The molecule has 0 bridgehead atoms. The molecule has 2 rings (SSSR count). The minimum atomic E-state index is -2.43. The van der Waals surface area contributed by atoms with Crippen LogP contribution in [0.5, 0.6) is 0 Å². The summed E-state index contributed by atoms with van der Waals surface area (Å²) in [7, 11) is 0. The van der Waals surface area contributed by atoms with E-state index in [1.54, 1.807) is 0 Å². The van der Waals surface area contributed by atoms with Crippen LogP contribution in [0.1, 0.15) is 19.3 Å². The maximum atomic E-state index is 13.1. The molecular weight excluding hydrogens is 275 g/mol. The predicted octanol–water partition coefficient (Wildman–Crippen LogP) is 2.29. The summed E-state index contributed by atoms with van der Waals surface area (Å²) in [5.74, 6) is -2.43. The van der Waals surface area contributed by atoms with Crippen LogP contribution < -0.4 is 0 Å². The van der Waals surface area contributed by atoms with E-state index in [9.17, 15) is 8.78 Å². The van der Waals surface area contributed by atoms with Crippen molar-refractivity contribution in [3.8, 4) is 0 Å². The molecule has 0 aromatic carbocycles. The molecule has 0 amide bonds. The first kappa shape index (κ1) is 9.12. The summed E-state index contributed by atoms with van der Waals surface area (Å²) < 4.78 is 27.0. The molecule has 1 unspecified atom stereocenters. The van der Waals surface area contributed by atoms with Gasteiger partial charge in [0, 0.05) is 16.4 Å². The van der Waals surface area contributed by atoms with Crippen LogP contribution >= 0.6 is 22.6 Å². The molecule has 0 N–H and O–H groups in total. The monoisotopic (exact) mass is 287 g/mol. The van der Waals surface area contributed by atoms with E-state index in [4.69, 9.17) is 0 Å². The minimum Gasteiger partial charge on any atom is -0.291 e. The molecule has 0 aromatic rings. The van der Waals surface area contributed by atoms with Crippen molar-refractivity contribution in [1.29, 1.82) is 0 Å². The van der Waals surface area contributed by atoms with Crippen molar-refractivity contribution in [2.24, 2.45) is 0 Å². The van der Waals surface area contributed by atoms with Gasteiger partial charge in [-0.1, -0.05) is 22.6 Å². The summed E-state index contributed by atoms with van der Waals surface area (Å²) in [6, 6.07) is 0. The number of hydrogen-bond acceptors (Lipinski definition) is 1. The highest BCUT2D eigenvalue weighted by Gasteiger charge is 2.55. The van der Waals surface area contributed by atoms with Gasteiger partial charge in [0.1, 0.15) is 0 Å². The van der Waals surface area contributed by atoms with Crippen LogP contribution in [-0.4, -0.2) is 33.9 Å². The Morgan fingerprint density at radius 1 is 1.42 bits per heavy atom. The molecule has 0 aromatic heterocycles. The molecule has 2 saturated heterocycles. The van der Waals surface area contributed by atoms with E-state index in [1.807, 2.05) is 4.90 Å². The molecule has 12 heavy (non-hydrogen) atoms. The highest BCUT2D eigenvalue weighted by atomic mass is 127. The molecule has 2 heterocycles. The van der Waals surface area contributed by atoms with Gasteiger partial charge in [-0.15, -0.1) is 0 Å². The van der Waals surface area contributed by atoms with Gasteiger partial charge in [0.15, 0.2) is 0 Å². The van der Waals surface area contributed by atoms with Crippen molar-refractivity contribution in [2.45, 2.75) is 30.7 Å². The van der Waals surface area contributed by atoms with Gasteiger partial charge in [0.2, 0.25) is 0 Å². The number of alkyl halides is 3. The van der Waals surface area contributed by atoms with Crippen molar-refractivity contribution >= 4 is 22.6 Å². The fraction of sp³-hybridized carbons (Fsp3) is 1.00. The Morgan fingerprint density at radius 3 is 2.75 bits per heavy atom. The highest BCUT2D eigenvalue weighted by Crippen LogP contribution is 2.46. The fourth-order valence-corrected chi connectivity index (χ4v) is 3.59. The second kappa shape index (κ2) is 2.77. The Bertz CT molecular complexity index is 197. The third kappa shape index (κ3) is 1.27. The largest absolute Gasteiger partial charge is 0.291 e. The zero-order valence-electron chi connectivity index (χ0n) is 6.82. The molecule has 2 aliphatic heterocycles. The molecule has 70 valence electrons. The summed E-state index contributed by atoms with van der Waals surface area (Å²) in [6.45, 7) is 0.870. The lowest BCUT2D eigenvalue weighted by Gasteiger charge is -2.28. The van der Waals surface area contributed by atoms with Crippen LogP contribution in [0, 0.1) is 0 Å². The number of nitrogens with zero attached hydrogens (tertiary/aromatic N) is 1. The summed E-state index contributed by atoms with van der Waals surface area (Å²) in [5.41, 5.74) is -0.149. The van der Waals surface area contributed by atoms with Crippen molar-refractivity contribution < 1.29 is 8.78 Å². The maximum Gasteiger partial charge on any atom is 0.262 e. The number of rotatable bonds is 1. The van der Waals surface area contributed by atoms with Gasteiger partial charge in [0.25, 0.3) is 5.92 Å². The second-order valence-corrected chi connectivity index (χ2v) is 4.68. The molecule has 4 heteroatoms. The van der Waals surface area contributed by atoms with E-state index in [0.717, 1.165) is 23.8 Å². The van der Waals surface area contributed by atoms with E-state index >= 15 is 0 Å². The Hall–Kier alpha value is 0.550. The smallest absolute Gasteiger partial charge is 0.262 e. The molecule has 0 radical (unpaired) electrons. The van der Waals surface area contributed by atoms with Crippen molar-refractivity contribution in [3.63, 3.8) is 0 Å². The quantitative estimate of drug-likeness (QED) is 0.528. The Morgan fingerprint density at radius 2 is 2.17 bits per heavy atom. The SMILES string of the molecule is FC1(F)CN2CCCC2(CI)C1. The van der Waals surface area contributed by atoms with Crippen LogP contribution in [0.2, 0.25) is 0 Å². The van der Waals surface area contributed by atoms with Gasteiger partial charge < -0.3 is 0 Å². The predicted molar refractivity (Wildman–Crippen MR) is 52.0 cm³/mol. The number of fused-ring (bicyclic) bond motifs is 1. The fourth-order valence-electron chi connectivity index (χ4n) is 2.46. The normalized spacial score (nSPS) is 40.2. The standard InChI is InChI=1S/C8H12F2IN/c9-8(10)4-7(5-11)2-1-3-12(7)6-8/h1-6H2. The lowest BCUT2D eigenvalue weighted by molar-refractivity contribution is 0.01000. The first-order valence-corrected chi connectivity index (χ1v) is 5.79. The first-order valence-electron chi connectivity index (χ1n) is 4.27. The zero-order chi connectivity index (χ0) is 8.82. The summed E-state index contributed by atoms with van der Waals surface area (Å²) in [5, 5.41) is 0. The first-order chi connectivity index (χ1) is 5.58. The van der Waals surface area contributed by atoms with E-state index in [1.165, 1.54) is 0 Å². The molecular formula is C8H12F2IN. The highest BCUT2D eigenvalue weighted by molar-refractivity contribution is 14.1. The topological polar surface area (TPSA) is 3.24 Å². The average molecular weight is 287 g/mol. The average Bonchev–Trinajstić information content (AvgIpc) is 2.40. The number of halogens is 3. The lowest BCUT2D eigenvalue weighted by Crippen LogP contribution is -2.39. The van der Waals surface area contributed by atoms with E-state index in [2.05, 4.69) is 22.6 Å². The van der Waals surface area contributed by atoms with Crippen LogP contribution in [0.15, 0.2) is 0 Å². The molecule has 1 atom stereocenters. The van der Waals surface area contributed by atoms with Crippen molar-refractivity contribution in [2.75, 3.05) is 17.5 Å². The Balaban J connectivity index is 2.20. The van der Waals surface area contributed by atoms with Crippen LogP contribution in [0.25, 0.3) is 0 Å². The molecule has 0 saturated carbocycles. The number of hydrogen-bond donors (Lipinski definition) is 0. The van der Waals surface area contributed by atoms with E-state index < -0.39 is 5.92 Å². The van der Waals surface area contributed by atoms with Crippen LogP contribution in [-0.2, 0) is 0 Å². The Labute approximate surface area is 84.6 Å². The second-order valence-electron chi connectivity index (χ2n) is 3.92. The Kier molecular flexibility index (Phi) is 2.10. The third-order valence-corrected chi connectivity index (χ3v) is 4.42. The van der Waals surface area contributed by atoms with Gasteiger partial charge in [0.05, 0.1) is 6.54 Å². The summed E-state index contributed by atoms with van der Waals surface area (Å²) in [4.78, 5) is 1.99. The van der Waals surface area contributed by atoms with Crippen molar-refractivity contribution in [3.05, 3.63) is 0 Å². The molecule has 0 spiro atoms. The molecule has 2 aliphatic rings. The zero-order valence-corrected chi connectivity index (χ0v) is 8.98. The van der Waals surface area contributed by atoms with Gasteiger partial charge >= 0.3 is 0 Å². The maximum absolute atomic E-state index is 13.1. The lowest BCUT2D eigenvalue weighted by atomic mass is 9.96. The minimum absolute atomic E-state index is 0.00397. The van der Waals surface area contributed by atoms with Gasteiger partial charge in [-0.25, -0.2) is 8.78 Å². The molecule has 1 nitrogen and oxygen atoms in total. The van der Waals surface area contributed by atoms with E-state index in [0.29, 0.717) is 0 Å². The van der Waals surface area contributed by atoms with Crippen LogP contribution in [0.4, 0.5) is 8.78 Å². The summed E-state index contributed by atoms with van der Waals surface area (Å²) >= 11 is 2.24. The van der Waals surface area contributed by atoms with E-state index in [-0.39, 0.29) is 18.5 Å². The summed E-state index contributed by atoms with van der Waals surface area (Å²) in [6.07, 6.45) is 2.15. The van der Waals surface area contributed by atoms with Gasteiger partial charge in [-0.2, -0.15) is 0 Å². The third-order valence-electron chi connectivity index (χ3n) is 3.00. The van der Waals surface area contributed by atoms with Crippen molar-refractivity contribution in [1.82, 2.24) is 4.90 Å². The molecule has 0 aliphatic carbocycles. The van der Waals surface area contributed by atoms with Crippen LogP contribution in [0.3, 0.4) is 0 Å².